The lowest BCUT2D eigenvalue weighted by Gasteiger charge is -2.26. The Kier molecular flexibility index (Phi) is 4.65. The Morgan fingerprint density at radius 2 is 1.58 bits per heavy atom. The summed E-state index contributed by atoms with van der Waals surface area (Å²) >= 11 is 0. The van der Waals surface area contributed by atoms with Crippen molar-refractivity contribution >= 4 is 23.1 Å². The summed E-state index contributed by atoms with van der Waals surface area (Å²) in [6.07, 6.45) is 1.42. The van der Waals surface area contributed by atoms with E-state index in [4.69, 9.17) is 4.74 Å². The van der Waals surface area contributed by atoms with Crippen molar-refractivity contribution in [3.63, 3.8) is 0 Å². The van der Waals surface area contributed by atoms with Crippen molar-refractivity contribution in [2.45, 2.75) is 6.54 Å². The number of anilines is 1. The zero-order chi connectivity index (χ0) is 17.9. The predicted octanol–water partition coefficient (Wildman–Crippen LogP) is 2.48. The number of carbonyl (C=O) groups is 2. The molecule has 0 radical (unpaired) electrons. The van der Waals surface area contributed by atoms with Crippen LogP contribution in [0.3, 0.4) is 0 Å². The number of morpholine rings is 1. The highest BCUT2D eigenvalue weighted by molar-refractivity contribution is 6.43. The standard InChI is InChI=1S/C21H20N2O3/c24-20-14-19(17-4-2-1-3-5-17)21(25)23(20)18-8-6-16(7-9-18)15-22-10-12-26-13-11-22/h1-9,14H,10-13,15H2. The van der Waals surface area contributed by atoms with Gasteiger partial charge in [-0.15, -0.1) is 0 Å². The first kappa shape index (κ1) is 16.7. The average Bonchev–Trinajstić information content (AvgIpc) is 2.98. The largest absolute Gasteiger partial charge is 0.379 e. The Bertz CT molecular complexity index is 837. The molecular formula is C21H20N2O3. The third-order valence-electron chi connectivity index (χ3n) is 4.71. The summed E-state index contributed by atoms with van der Waals surface area (Å²) in [5.41, 5.74) is 2.96. The van der Waals surface area contributed by atoms with Crippen molar-refractivity contribution in [2.24, 2.45) is 0 Å². The number of carbonyl (C=O) groups excluding carboxylic acids is 2. The van der Waals surface area contributed by atoms with Crippen LogP contribution in [0.25, 0.3) is 5.57 Å². The van der Waals surface area contributed by atoms with Crippen LogP contribution in [0.4, 0.5) is 5.69 Å². The van der Waals surface area contributed by atoms with E-state index in [1.165, 1.54) is 11.0 Å². The molecule has 5 heteroatoms. The highest BCUT2D eigenvalue weighted by Crippen LogP contribution is 2.28. The van der Waals surface area contributed by atoms with Gasteiger partial charge in [0.1, 0.15) is 0 Å². The van der Waals surface area contributed by atoms with Crippen LogP contribution in [0.5, 0.6) is 0 Å². The van der Waals surface area contributed by atoms with Gasteiger partial charge in [0.2, 0.25) is 0 Å². The van der Waals surface area contributed by atoms with Crippen LogP contribution in [-0.2, 0) is 20.9 Å². The molecule has 2 amide bonds. The molecule has 0 N–H and O–H groups in total. The summed E-state index contributed by atoms with van der Waals surface area (Å²) < 4.78 is 5.37. The molecule has 2 heterocycles. The SMILES string of the molecule is O=C1C=C(c2ccccc2)C(=O)N1c1ccc(CN2CCOCC2)cc1. The van der Waals surface area contributed by atoms with Gasteiger partial charge in [-0.1, -0.05) is 42.5 Å². The summed E-state index contributed by atoms with van der Waals surface area (Å²) in [6, 6.07) is 16.9. The zero-order valence-electron chi connectivity index (χ0n) is 14.4. The number of rotatable bonds is 4. The van der Waals surface area contributed by atoms with Gasteiger partial charge in [-0.2, -0.15) is 0 Å². The number of hydrogen-bond donors (Lipinski definition) is 0. The van der Waals surface area contributed by atoms with E-state index in [1.807, 2.05) is 54.6 Å². The number of ether oxygens (including phenoxy) is 1. The maximum atomic E-state index is 12.7. The van der Waals surface area contributed by atoms with E-state index in [9.17, 15) is 9.59 Å². The molecule has 132 valence electrons. The van der Waals surface area contributed by atoms with Gasteiger partial charge in [0, 0.05) is 25.7 Å². The Morgan fingerprint density at radius 1 is 0.885 bits per heavy atom. The average molecular weight is 348 g/mol. The van der Waals surface area contributed by atoms with Crippen molar-refractivity contribution in [3.8, 4) is 0 Å². The van der Waals surface area contributed by atoms with Crippen molar-refractivity contribution in [1.29, 1.82) is 0 Å². The van der Waals surface area contributed by atoms with Crippen LogP contribution in [0.15, 0.2) is 60.7 Å². The predicted molar refractivity (Wildman–Crippen MR) is 99.5 cm³/mol. The topological polar surface area (TPSA) is 49.9 Å². The van der Waals surface area contributed by atoms with Gasteiger partial charge in [-0.3, -0.25) is 14.5 Å². The number of nitrogens with zero attached hydrogens (tertiary/aromatic N) is 2. The fraction of sp³-hybridized carbons (Fsp3) is 0.238. The summed E-state index contributed by atoms with van der Waals surface area (Å²) in [4.78, 5) is 28.7. The molecule has 0 unspecified atom stereocenters. The van der Waals surface area contributed by atoms with Crippen LogP contribution in [0.1, 0.15) is 11.1 Å². The lowest BCUT2D eigenvalue weighted by molar-refractivity contribution is -0.119. The molecule has 1 saturated heterocycles. The molecule has 0 saturated carbocycles. The summed E-state index contributed by atoms with van der Waals surface area (Å²) in [7, 11) is 0. The van der Waals surface area contributed by atoms with Crippen LogP contribution in [0.2, 0.25) is 0 Å². The van der Waals surface area contributed by atoms with Gasteiger partial charge in [-0.25, -0.2) is 4.90 Å². The Labute approximate surface area is 152 Å². The number of imide groups is 1. The van der Waals surface area contributed by atoms with E-state index in [0.717, 1.165) is 44.0 Å². The van der Waals surface area contributed by atoms with Gasteiger partial charge in [-0.05, 0) is 23.3 Å². The van der Waals surface area contributed by atoms with Crippen LogP contribution in [-0.4, -0.2) is 43.0 Å². The smallest absolute Gasteiger partial charge is 0.266 e. The fourth-order valence-electron chi connectivity index (χ4n) is 3.31. The first-order valence-electron chi connectivity index (χ1n) is 8.77. The fourth-order valence-corrected chi connectivity index (χ4v) is 3.31. The molecule has 26 heavy (non-hydrogen) atoms. The van der Waals surface area contributed by atoms with Crippen molar-refractivity contribution in [3.05, 3.63) is 71.8 Å². The monoisotopic (exact) mass is 348 g/mol. The number of benzene rings is 2. The Balaban J connectivity index is 1.49. The van der Waals surface area contributed by atoms with E-state index in [1.54, 1.807) is 0 Å². The lowest BCUT2D eigenvalue weighted by atomic mass is 10.1. The third kappa shape index (κ3) is 3.31. The highest BCUT2D eigenvalue weighted by Gasteiger charge is 2.32. The Hall–Kier alpha value is -2.76. The molecule has 0 spiro atoms. The molecule has 2 aliphatic heterocycles. The van der Waals surface area contributed by atoms with Gasteiger partial charge in [0.05, 0.1) is 24.5 Å². The molecule has 5 nitrogen and oxygen atoms in total. The molecule has 2 aromatic carbocycles. The molecule has 0 atom stereocenters. The van der Waals surface area contributed by atoms with Gasteiger partial charge < -0.3 is 4.74 Å². The molecule has 4 rings (SSSR count). The first-order chi connectivity index (χ1) is 12.7. The highest BCUT2D eigenvalue weighted by atomic mass is 16.5. The lowest BCUT2D eigenvalue weighted by Crippen LogP contribution is -2.35. The van der Waals surface area contributed by atoms with Crippen LogP contribution in [0, 0.1) is 0 Å². The second-order valence-corrected chi connectivity index (χ2v) is 6.46. The van der Waals surface area contributed by atoms with E-state index >= 15 is 0 Å². The third-order valence-corrected chi connectivity index (χ3v) is 4.71. The minimum absolute atomic E-state index is 0.276. The second kappa shape index (κ2) is 7.23. The molecule has 1 fully saturated rings. The summed E-state index contributed by atoms with van der Waals surface area (Å²) in [5, 5.41) is 0. The first-order valence-corrected chi connectivity index (χ1v) is 8.77. The summed E-state index contributed by atoms with van der Waals surface area (Å²) in [5.74, 6) is -0.572. The molecule has 0 aromatic heterocycles. The van der Waals surface area contributed by atoms with Gasteiger partial charge in [0.15, 0.2) is 0 Å². The van der Waals surface area contributed by atoms with Gasteiger partial charge in [0.25, 0.3) is 11.8 Å². The van der Waals surface area contributed by atoms with Crippen LogP contribution >= 0.6 is 0 Å². The van der Waals surface area contributed by atoms with E-state index in [-0.39, 0.29) is 11.8 Å². The molecule has 0 bridgehead atoms. The zero-order valence-corrected chi connectivity index (χ0v) is 14.4. The van der Waals surface area contributed by atoms with Crippen molar-refractivity contribution in [2.75, 3.05) is 31.2 Å². The molecule has 0 aliphatic carbocycles. The maximum Gasteiger partial charge on any atom is 0.266 e. The normalized spacial score (nSPS) is 18.3. The van der Waals surface area contributed by atoms with E-state index < -0.39 is 0 Å². The molecular weight excluding hydrogens is 328 g/mol. The van der Waals surface area contributed by atoms with Crippen molar-refractivity contribution in [1.82, 2.24) is 4.90 Å². The molecule has 2 aliphatic rings. The van der Waals surface area contributed by atoms with Crippen LogP contribution < -0.4 is 4.90 Å². The van der Waals surface area contributed by atoms with Crippen molar-refractivity contribution < 1.29 is 14.3 Å². The summed E-state index contributed by atoms with van der Waals surface area (Å²) in [6.45, 7) is 4.23. The van der Waals surface area contributed by atoms with Gasteiger partial charge >= 0.3 is 0 Å². The maximum absolute atomic E-state index is 12.7. The minimum atomic E-state index is -0.296. The number of amides is 2. The van der Waals surface area contributed by atoms with E-state index in [0.29, 0.717) is 11.3 Å². The minimum Gasteiger partial charge on any atom is -0.379 e. The Morgan fingerprint density at radius 3 is 2.27 bits per heavy atom. The second-order valence-electron chi connectivity index (χ2n) is 6.46. The number of hydrogen-bond acceptors (Lipinski definition) is 4. The van der Waals surface area contributed by atoms with E-state index in [2.05, 4.69) is 4.90 Å². The molecule has 2 aromatic rings. The quantitative estimate of drug-likeness (QED) is 0.797.